The summed E-state index contributed by atoms with van der Waals surface area (Å²) in [7, 11) is 0. The van der Waals surface area contributed by atoms with Gasteiger partial charge in [0.25, 0.3) is 5.91 Å². The van der Waals surface area contributed by atoms with Crippen LogP contribution in [0.2, 0.25) is 0 Å². The average Bonchev–Trinajstić information content (AvgIpc) is 3.04. The van der Waals surface area contributed by atoms with Gasteiger partial charge in [0.2, 0.25) is 5.82 Å². The Bertz CT molecular complexity index is 746. The minimum absolute atomic E-state index is 0.197. The van der Waals surface area contributed by atoms with E-state index in [1.165, 1.54) is 18.4 Å². The van der Waals surface area contributed by atoms with Crippen LogP contribution in [0.4, 0.5) is 0 Å². The predicted octanol–water partition coefficient (Wildman–Crippen LogP) is 2.82. The summed E-state index contributed by atoms with van der Waals surface area (Å²) in [6, 6.07) is 8.13. The number of hydrogen-bond donors (Lipinski definition) is 2. The van der Waals surface area contributed by atoms with Crippen molar-refractivity contribution in [2.75, 3.05) is 19.6 Å². The number of aromatic nitrogens is 3. The molecule has 1 aromatic carbocycles. The Morgan fingerprint density at radius 3 is 2.92 bits per heavy atom. The maximum atomic E-state index is 12.4. The van der Waals surface area contributed by atoms with E-state index in [4.69, 9.17) is 0 Å². The highest BCUT2D eigenvalue weighted by Gasteiger charge is 2.18. The molecular weight excluding hydrogens is 326 g/mol. The Labute approximate surface area is 155 Å². The highest BCUT2D eigenvalue weighted by molar-refractivity contribution is 5.90. The van der Waals surface area contributed by atoms with Crippen molar-refractivity contribution in [3.8, 4) is 5.69 Å². The van der Waals surface area contributed by atoms with Crippen molar-refractivity contribution in [3.63, 3.8) is 0 Å². The number of carbonyl (C=O) groups is 1. The van der Waals surface area contributed by atoms with Crippen LogP contribution >= 0.6 is 0 Å². The van der Waals surface area contributed by atoms with Crippen LogP contribution in [0.15, 0.2) is 24.3 Å². The second-order valence-corrected chi connectivity index (χ2v) is 7.36. The zero-order valence-corrected chi connectivity index (χ0v) is 16.0. The fourth-order valence-electron chi connectivity index (χ4n) is 3.52. The van der Waals surface area contributed by atoms with Gasteiger partial charge in [0.1, 0.15) is 5.82 Å². The summed E-state index contributed by atoms with van der Waals surface area (Å²) in [4.78, 5) is 16.8. The van der Waals surface area contributed by atoms with Crippen LogP contribution in [0.1, 0.15) is 61.0 Å². The maximum Gasteiger partial charge on any atom is 0.290 e. The zero-order valence-electron chi connectivity index (χ0n) is 16.0. The van der Waals surface area contributed by atoms with Crippen molar-refractivity contribution in [3.05, 3.63) is 41.5 Å². The van der Waals surface area contributed by atoms with Crippen LogP contribution in [0.25, 0.3) is 5.69 Å². The molecule has 3 rings (SSSR count). The topological polar surface area (TPSA) is 71.8 Å². The standard InChI is InChI=1S/C20H29N5O/c1-14(2)17-8-4-5-9-18(17)25-15(3)23-19(24-25)20(26)22-12-10-16-7-6-11-21-13-16/h4-5,8-9,14,16,21H,6-7,10-13H2,1-3H3,(H,22,26). The largest absolute Gasteiger partial charge is 0.349 e. The molecule has 1 atom stereocenters. The van der Waals surface area contributed by atoms with Crippen molar-refractivity contribution in [1.82, 2.24) is 25.4 Å². The maximum absolute atomic E-state index is 12.4. The quantitative estimate of drug-likeness (QED) is 0.836. The summed E-state index contributed by atoms with van der Waals surface area (Å²) < 4.78 is 1.77. The van der Waals surface area contributed by atoms with Gasteiger partial charge in [-0.3, -0.25) is 4.79 Å². The van der Waals surface area contributed by atoms with Crippen LogP contribution < -0.4 is 10.6 Å². The van der Waals surface area contributed by atoms with Crippen molar-refractivity contribution in [2.24, 2.45) is 5.92 Å². The molecule has 2 N–H and O–H groups in total. The van der Waals surface area contributed by atoms with Crippen molar-refractivity contribution in [1.29, 1.82) is 0 Å². The van der Waals surface area contributed by atoms with Gasteiger partial charge in [-0.05, 0) is 62.7 Å². The summed E-state index contributed by atoms with van der Waals surface area (Å²) in [6.45, 7) is 9.02. The van der Waals surface area contributed by atoms with E-state index in [2.05, 4.69) is 40.6 Å². The number of nitrogens with one attached hydrogen (secondary N) is 2. The fourth-order valence-corrected chi connectivity index (χ4v) is 3.52. The summed E-state index contributed by atoms with van der Waals surface area (Å²) >= 11 is 0. The Hall–Kier alpha value is -2.21. The number of amides is 1. The molecule has 0 aliphatic carbocycles. The molecule has 0 radical (unpaired) electrons. The van der Waals surface area contributed by atoms with Gasteiger partial charge in [0, 0.05) is 6.54 Å². The number of carbonyl (C=O) groups excluding carboxylic acids is 1. The monoisotopic (exact) mass is 355 g/mol. The highest BCUT2D eigenvalue weighted by atomic mass is 16.2. The first kappa shape index (κ1) is 18.6. The number of nitrogens with zero attached hydrogens (tertiary/aromatic N) is 3. The predicted molar refractivity (Wildman–Crippen MR) is 103 cm³/mol. The summed E-state index contributed by atoms with van der Waals surface area (Å²) in [5.41, 5.74) is 2.18. The second-order valence-electron chi connectivity index (χ2n) is 7.36. The molecular formula is C20H29N5O. The molecule has 2 heterocycles. The molecule has 2 aromatic rings. The molecule has 140 valence electrons. The van der Waals surface area contributed by atoms with Crippen LogP contribution in [0.3, 0.4) is 0 Å². The van der Waals surface area contributed by atoms with Gasteiger partial charge in [0.05, 0.1) is 5.69 Å². The highest BCUT2D eigenvalue weighted by Crippen LogP contribution is 2.23. The van der Waals surface area contributed by atoms with E-state index in [1.54, 1.807) is 4.68 Å². The minimum atomic E-state index is -0.197. The lowest BCUT2D eigenvalue weighted by molar-refractivity contribution is 0.0940. The number of piperidine rings is 1. The van der Waals surface area contributed by atoms with Crippen LogP contribution in [-0.4, -0.2) is 40.3 Å². The van der Waals surface area contributed by atoms with Gasteiger partial charge in [-0.2, -0.15) is 0 Å². The third-order valence-corrected chi connectivity index (χ3v) is 5.00. The van der Waals surface area contributed by atoms with E-state index in [-0.39, 0.29) is 11.7 Å². The van der Waals surface area contributed by atoms with Crippen molar-refractivity contribution >= 4 is 5.91 Å². The summed E-state index contributed by atoms with van der Waals surface area (Å²) in [6.07, 6.45) is 3.45. The molecule has 26 heavy (non-hydrogen) atoms. The molecule has 1 fully saturated rings. The molecule has 6 heteroatoms. The van der Waals surface area contributed by atoms with Gasteiger partial charge < -0.3 is 10.6 Å². The van der Waals surface area contributed by atoms with E-state index < -0.39 is 0 Å². The fraction of sp³-hybridized carbons (Fsp3) is 0.550. The average molecular weight is 355 g/mol. The van der Waals surface area contributed by atoms with Gasteiger partial charge >= 0.3 is 0 Å². The van der Waals surface area contributed by atoms with E-state index in [0.29, 0.717) is 18.4 Å². The van der Waals surface area contributed by atoms with Gasteiger partial charge in [-0.25, -0.2) is 9.67 Å². The first-order valence-electron chi connectivity index (χ1n) is 9.58. The Kier molecular flexibility index (Phi) is 6.04. The van der Waals surface area contributed by atoms with E-state index >= 15 is 0 Å². The number of hydrogen-bond acceptors (Lipinski definition) is 4. The van der Waals surface area contributed by atoms with E-state index in [0.717, 1.165) is 31.0 Å². The minimum Gasteiger partial charge on any atom is -0.349 e. The Morgan fingerprint density at radius 2 is 2.19 bits per heavy atom. The normalized spacial score (nSPS) is 17.5. The smallest absolute Gasteiger partial charge is 0.290 e. The lowest BCUT2D eigenvalue weighted by Crippen LogP contribution is -2.33. The molecule has 1 aliphatic heterocycles. The van der Waals surface area contributed by atoms with Gasteiger partial charge in [-0.1, -0.05) is 32.0 Å². The van der Waals surface area contributed by atoms with E-state index in [1.807, 2.05) is 25.1 Å². The molecule has 1 aliphatic rings. The summed E-state index contributed by atoms with van der Waals surface area (Å²) in [5.74, 6) is 1.78. The third kappa shape index (κ3) is 4.30. The third-order valence-electron chi connectivity index (χ3n) is 5.00. The molecule has 1 amide bonds. The number of aryl methyl sites for hydroxylation is 1. The van der Waals surface area contributed by atoms with Gasteiger partial charge in [-0.15, -0.1) is 5.10 Å². The van der Waals surface area contributed by atoms with Crippen molar-refractivity contribution in [2.45, 2.75) is 46.0 Å². The lowest BCUT2D eigenvalue weighted by Gasteiger charge is -2.22. The van der Waals surface area contributed by atoms with Crippen molar-refractivity contribution < 1.29 is 4.79 Å². The Morgan fingerprint density at radius 1 is 1.38 bits per heavy atom. The number of rotatable bonds is 6. The lowest BCUT2D eigenvalue weighted by atomic mass is 9.96. The molecule has 0 bridgehead atoms. The SMILES string of the molecule is Cc1nc(C(=O)NCCC2CCCNC2)nn1-c1ccccc1C(C)C. The Balaban J connectivity index is 1.67. The number of para-hydroxylation sites is 1. The van der Waals surface area contributed by atoms with E-state index in [9.17, 15) is 4.79 Å². The first-order chi connectivity index (χ1) is 12.6. The molecule has 0 spiro atoms. The second kappa shape index (κ2) is 8.45. The van der Waals surface area contributed by atoms with Crippen LogP contribution in [0, 0.1) is 12.8 Å². The van der Waals surface area contributed by atoms with Crippen LogP contribution in [0.5, 0.6) is 0 Å². The molecule has 6 nitrogen and oxygen atoms in total. The number of benzene rings is 1. The molecule has 1 aromatic heterocycles. The molecule has 1 unspecified atom stereocenters. The van der Waals surface area contributed by atoms with Gasteiger partial charge in [0.15, 0.2) is 0 Å². The first-order valence-corrected chi connectivity index (χ1v) is 9.58. The molecule has 0 saturated carbocycles. The zero-order chi connectivity index (χ0) is 18.5. The summed E-state index contributed by atoms with van der Waals surface area (Å²) in [5, 5.41) is 10.8. The van der Waals surface area contributed by atoms with Crippen LogP contribution in [-0.2, 0) is 0 Å². The molecule has 1 saturated heterocycles.